The Morgan fingerprint density at radius 3 is 2.68 bits per heavy atom. The minimum absolute atomic E-state index is 0.253. The Morgan fingerprint density at radius 2 is 2.00 bits per heavy atom. The first-order valence-corrected chi connectivity index (χ1v) is 9.88. The van der Waals surface area contributed by atoms with Gasteiger partial charge in [-0.15, -0.1) is 11.3 Å². The molecule has 0 amide bonds. The fourth-order valence-electron chi connectivity index (χ4n) is 2.20. The number of aromatic nitrogens is 4. The molecule has 0 aliphatic heterocycles. The first kappa shape index (κ1) is 17.5. The predicted octanol–water partition coefficient (Wildman–Crippen LogP) is 1.73. The van der Waals surface area contributed by atoms with E-state index in [0.29, 0.717) is 22.4 Å². The van der Waals surface area contributed by atoms with Crippen LogP contribution in [0.15, 0.2) is 41.1 Å². The van der Waals surface area contributed by atoms with Gasteiger partial charge < -0.3 is 5.32 Å². The second-order valence-electron chi connectivity index (χ2n) is 5.30. The Balaban J connectivity index is 1.57. The Kier molecular flexibility index (Phi) is 5.11. The number of thiophene rings is 1. The molecule has 10 heteroatoms. The summed E-state index contributed by atoms with van der Waals surface area (Å²) in [6.45, 7) is 4.42. The molecule has 0 unspecified atom stereocenters. The SMILES string of the molecule is Cc1ccc(S(=O)(=O)NCCNc2cc(-n3ccnc3C)ncn2)s1. The minimum Gasteiger partial charge on any atom is -0.369 e. The van der Waals surface area contributed by atoms with Crippen molar-refractivity contribution in [3.8, 4) is 5.82 Å². The fraction of sp³-hybridized carbons (Fsp3) is 0.267. The summed E-state index contributed by atoms with van der Waals surface area (Å²) in [4.78, 5) is 13.5. The quantitative estimate of drug-likeness (QED) is 0.607. The first-order valence-electron chi connectivity index (χ1n) is 7.58. The topological polar surface area (TPSA) is 102 Å². The maximum absolute atomic E-state index is 12.1. The number of nitrogens with one attached hydrogen (secondary N) is 2. The summed E-state index contributed by atoms with van der Waals surface area (Å²) in [6, 6.07) is 5.18. The van der Waals surface area contributed by atoms with E-state index in [-0.39, 0.29) is 6.54 Å². The highest BCUT2D eigenvalue weighted by molar-refractivity contribution is 7.91. The molecule has 0 fully saturated rings. The number of hydrogen-bond donors (Lipinski definition) is 2. The molecule has 3 rings (SSSR count). The molecule has 2 N–H and O–H groups in total. The van der Waals surface area contributed by atoms with Crippen molar-refractivity contribution in [2.45, 2.75) is 18.1 Å². The molecule has 0 spiro atoms. The number of rotatable bonds is 7. The van der Waals surface area contributed by atoms with Crippen molar-refractivity contribution in [2.24, 2.45) is 0 Å². The number of anilines is 1. The van der Waals surface area contributed by atoms with E-state index >= 15 is 0 Å². The van der Waals surface area contributed by atoms with Crippen molar-refractivity contribution < 1.29 is 8.42 Å². The summed E-state index contributed by atoms with van der Waals surface area (Å²) in [5.74, 6) is 2.13. The highest BCUT2D eigenvalue weighted by Gasteiger charge is 2.15. The molecule has 0 saturated carbocycles. The van der Waals surface area contributed by atoms with Crippen molar-refractivity contribution in [1.82, 2.24) is 24.2 Å². The molecule has 0 aromatic carbocycles. The van der Waals surface area contributed by atoms with Crippen LogP contribution in [0.25, 0.3) is 5.82 Å². The van der Waals surface area contributed by atoms with Crippen LogP contribution < -0.4 is 10.0 Å². The standard InChI is InChI=1S/C15H18N6O2S2/c1-11-3-4-15(24-11)25(22,23)20-6-5-17-13-9-14(19-10-18-13)21-8-7-16-12(21)2/h3-4,7-10,20H,5-6H2,1-2H3,(H,17,18,19). The molecule has 132 valence electrons. The summed E-state index contributed by atoms with van der Waals surface area (Å²) < 4.78 is 29.0. The molecule has 25 heavy (non-hydrogen) atoms. The van der Waals surface area contributed by atoms with Gasteiger partial charge in [0.1, 0.15) is 28.0 Å². The van der Waals surface area contributed by atoms with Gasteiger partial charge in [0, 0.05) is 36.4 Å². The maximum atomic E-state index is 12.1. The molecular weight excluding hydrogens is 360 g/mol. The van der Waals surface area contributed by atoms with Gasteiger partial charge in [0.15, 0.2) is 0 Å². The average molecular weight is 378 g/mol. The van der Waals surface area contributed by atoms with E-state index in [1.54, 1.807) is 24.4 Å². The van der Waals surface area contributed by atoms with Crippen molar-refractivity contribution in [3.63, 3.8) is 0 Å². The summed E-state index contributed by atoms with van der Waals surface area (Å²) >= 11 is 1.25. The number of nitrogens with zero attached hydrogens (tertiary/aromatic N) is 4. The highest BCUT2D eigenvalue weighted by Crippen LogP contribution is 2.20. The molecule has 3 aromatic heterocycles. The predicted molar refractivity (Wildman–Crippen MR) is 96.6 cm³/mol. The van der Waals surface area contributed by atoms with Crippen LogP contribution in [0.2, 0.25) is 0 Å². The van der Waals surface area contributed by atoms with E-state index in [9.17, 15) is 8.42 Å². The normalized spacial score (nSPS) is 11.6. The van der Waals surface area contributed by atoms with E-state index in [1.165, 1.54) is 17.7 Å². The Morgan fingerprint density at radius 1 is 1.16 bits per heavy atom. The zero-order chi connectivity index (χ0) is 17.9. The average Bonchev–Trinajstić information content (AvgIpc) is 3.21. The lowest BCUT2D eigenvalue weighted by molar-refractivity contribution is 0.585. The van der Waals surface area contributed by atoms with Gasteiger partial charge in [0.25, 0.3) is 0 Å². The summed E-state index contributed by atoms with van der Waals surface area (Å²) in [6.07, 6.45) is 4.97. The first-order chi connectivity index (χ1) is 12.0. The largest absolute Gasteiger partial charge is 0.369 e. The van der Waals surface area contributed by atoms with Crippen molar-refractivity contribution in [1.29, 1.82) is 0 Å². The monoisotopic (exact) mass is 378 g/mol. The lowest BCUT2D eigenvalue weighted by atomic mass is 10.5. The van der Waals surface area contributed by atoms with Crippen molar-refractivity contribution >= 4 is 27.2 Å². The van der Waals surface area contributed by atoms with Gasteiger partial charge in [-0.2, -0.15) is 0 Å². The molecule has 8 nitrogen and oxygen atoms in total. The molecule has 0 atom stereocenters. The molecule has 3 heterocycles. The smallest absolute Gasteiger partial charge is 0.250 e. The Labute approximate surface area is 150 Å². The molecule has 0 bridgehead atoms. The van der Waals surface area contributed by atoms with E-state index in [4.69, 9.17) is 0 Å². The summed E-state index contributed by atoms with van der Waals surface area (Å²) in [7, 11) is -3.46. The number of sulfonamides is 1. The van der Waals surface area contributed by atoms with Crippen molar-refractivity contribution in [2.75, 3.05) is 18.4 Å². The zero-order valence-electron chi connectivity index (χ0n) is 13.8. The highest BCUT2D eigenvalue weighted by atomic mass is 32.2. The number of aryl methyl sites for hydroxylation is 2. The zero-order valence-corrected chi connectivity index (χ0v) is 15.4. The van der Waals surface area contributed by atoms with Gasteiger partial charge in [-0.3, -0.25) is 4.57 Å². The Hall–Kier alpha value is -2.30. The molecule has 3 aromatic rings. The van der Waals surface area contributed by atoms with Crippen molar-refractivity contribution in [3.05, 3.63) is 47.6 Å². The van der Waals surface area contributed by atoms with Gasteiger partial charge in [0.2, 0.25) is 10.0 Å². The third-order valence-electron chi connectivity index (χ3n) is 3.43. The van der Waals surface area contributed by atoms with Crippen LogP contribution in [0.3, 0.4) is 0 Å². The van der Waals surface area contributed by atoms with Crippen LogP contribution in [0.5, 0.6) is 0 Å². The van der Waals surface area contributed by atoms with Gasteiger partial charge in [-0.1, -0.05) is 0 Å². The fourth-order valence-corrected chi connectivity index (χ4v) is 4.56. The van der Waals surface area contributed by atoms with E-state index in [0.717, 1.165) is 10.7 Å². The summed E-state index contributed by atoms with van der Waals surface area (Å²) in [5.41, 5.74) is 0. The molecule has 0 aliphatic rings. The van der Waals surface area contributed by atoms with Crippen LogP contribution >= 0.6 is 11.3 Å². The van der Waals surface area contributed by atoms with Crippen LogP contribution in [-0.2, 0) is 10.0 Å². The summed E-state index contributed by atoms with van der Waals surface area (Å²) in [5, 5.41) is 3.09. The van der Waals surface area contributed by atoms with Gasteiger partial charge in [-0.25, -0.2) is 28.1 Å². The van der Waals surface area contributed by atoms with E-state index < -0.39 is 10.0 Å². The lowest BCUT2D eigenvalue weighted by Crippen LogP contribution is -2.28. The third-order valence-corrected chi connectivity index (χ3v) is 6.38. The van der Waals surface area contributed by atoms with Gasteiger partial charge in [-0.05, 0) is 26.0 Å². The molecule has 0 aliphatic carbocycles. The van der Waals surface area contributed by atoms with E-state index in [1.807, 2.05) is 24.6 Å². The second kappa shape index (κ2) is 7.30. The van der Waals surface area contributed by atoms with Crippen LogP contribution in [-0.4, -0.2) is 41.0 Å². The maximum Gasteiger partial charge on any atom is 0.250 e. The number of hydrogen-bond acceptors (Lipinski definition) is 7. The van der Waals surface area contributed by atoms with Gasteiger partial charge in [0.05, 0.1) is 0 Å². The Bertz CT molecular complexity index is 964. The van der Waals surface area contributed by atoms with Gasteiger partial charge >= 0.3 is 0 Å². The lowest BCUT2D eigenvalue weighted by Gasteiger charge is -2.09. The third kappa shape index (κ3) is 4.21. The molecule has 0 saturated heterocycles. The number of imidazole rings is 1. The second-order valence-corrected chi connectivity index (χ2v) is 8.58. The molecule has 0 radical (unpaired) electrons. The van der Waals surface area contributed by atoms with E-state index in [2.05, 4.69) is 25.0 Å². The molecular formula is C15H18N6O2S2. The van der Waals surface area contributed by atoms with Crippen LogP contribution in [0.4, 0.5) is 5.82 Å². The van der Waals surface area contributed by atoms with Crippen LogP contribution in [0, 0.1) is 13.8 Å². The van der Waals surface area contributed by atoms with Crippen LogP contribution in [0.1, 0.15) is 10.7 Å². The minimum atomic E-state index is -3.46.